The molecule has 0 unspecified atom stereocenters. The number of carbonyl (C=O) groups is 1. The Morgan fingerprint density at radius 2 is 2.25 bits per heavy atom. The predicted octanol–water partition coefficient (Wildman–Crippen LogP) is 1.15. The van der Waals surface area contributed by atoms with E-state index >= 15 is 0 Å². The fraction of sp³-hybridized carbons (Fsp3) is 0.538. The molecule has 0 saturated carbocycles. The molecule has 7 nitrogen and oxygen atoms in total. The quantitative estimate of drug-likeness (QED) is 0.823. The number of aromatic nitrogens is 5. The van der Waals surface area contributed by atoms with Gasteiger partial charge in [0.1, 0.15) is 12.2 Å². The van der Waals surface area contributed by atoms with Gasteiger partial charge >= 0.3 is 0 Å². The molecular weight excluding hydrogens is 256 g/mol. The Morgan fingerprint density at radius 1 is 1.40 bits per heavy atom. The van der Waals surface area contributed by atoms with Gasteiger partial charge in [0.15, 0.2) is 0 Å². The lowest BCUT2D eigenvalue weighted by Gasteiger charge is -2.16. The SMILES string of the molecule is CC[C@@H](NC(=O)CCn1cccn1)c1ncnn1CC. The van der Waals surface area contributed by atoms with Crippen LogP contribution >= 0.6 is 0 Å². The van der Waals surface area contributed by atoms with E-state index in [1.807, 2.05) is 30.8 Å². The average molecular weight is 276 g/mol. The number of nitrogens with one attached hydrogen (secondary N) is 1. The molecule has 2 heterocycles. The normalized spacial score (nSPS) is 12.3. The zero-order chi connectivity index (χ0) is 14.4. The van der Waals surface area contributed by atoms with Crippen molar-refractivity contribution in [1.29, 1.82) is 0 Å². The molecule has 0 aromatic carbocycles. The van der Waals surface area contributed by atoms with E-state index in [0.29, 0.717) is 13.0 Å². The fourth-order valence-corrected chi connectivity index (χ4v) is 2.05. The molecule has 1 atom stereocenters. The molecule has 0 saturated heterocycles. The molecule has 0 aliphatic rings. The highest BCUT2D eigenvalue weighted by atomic mass is 16.1. The third kappa shape index (κ3) is 3.43. The van der Waals surface area contributed by atoms with E-state index < -0.39 is 0 Å². The molecule has 108 valence electrons. The summed E-state index contributed by atoms with van der Waals surface area (Å²) in [7, 11) is 0. The lowest BCUT2D eigenvalue weighted by molar-refractivity contribution is -0.122. The van der Waals surface area contributed by atoms with Gasteiger partial charge in [-0.05, 0) is 19.4 Å². The monoisotopic (exact) mass is 276 g/mol. The molecule has 0 aliphatic carbocycles. The van der Waals surface area contributed by atoms with Gasteiger partial charge in [-0.3, -0.25) is 9.48 Å². The minimum Gasteiger partial charge on any atom is -0.346 e. The highest BCUT2D eigenvalue weighted by Crippen LogP contribution is 2.13. The van der Waals surface area contributed by atoms with Crippen LogP contribution in [0.25, 0.3) is 0 Å². The summed E-state index contributed by atoms with van der Waals surface area (Å²) in [6.07, 6.45) is 6.26. The number of carbonyl (C=O) groups excluding carboxylic acids is 1. The number of hydrogen-bond donors (Lipinski definition) is 1. The predicted molar refractivity (Wildman–Crippen MR) is 73.7 cm³/mol. The lowest BCUT2D eigenvalue weighted by atomic mass is 10.2. The van der Waals surface area contributed by atoms with Crippen LogP contribution in [-0.4, -0.2) is 30.5 Å². The van der Waals surface area contributed by atoms with Crippen LogP contribution in [0.15, 0.2) is 24.8 Å². The first-order valence-corrected chi connectivity index (χ1v) is 6.89. The summed E-state index contributed by atoms with van der Waals surface area (Å²) in [5, 5.41) is 11.2. The molecule has 0 fully saturated rings. The van der Waals surface area contributed by atoms with Crippen molar-refractivity contribution < 1.29 is 4.79 Å². The summed E-state index contributed by atoms with van der Waals surface area (Å²) in [5.74, 6) is 0.806. The maximum atomic E-state index is 12.0. The van der Waals surface area contributed by atoms with E-state index in [-0.39, 0.29) is 11.9 Å². The molecular formula is C13H20N6O. The largest absolute Gasteiger partial charge is 0.346 e. The van der Waals surface area contributed by atoms with Crippen molar-refractivity contribution in [3.05, 3.63) is 30.6 Å². The van der Waals surface area contributed by atoms with E-state index in [1.54, 1.807) is 10.9 Å². The van der Waals surface area contributed by atoms with Gasteiger partial charge in [0.25, 0.3) is 0 Å². The highest BCUT2D eigenvalue weighted by Gasteiger charge is 2.17. The van der Waals surface area contributed by atoms with Gasteiger partial charge in [-0.1, -0.05) is 6.92 Å². The smallest absolute Gasteiger partial charge is 0.222 e. The second-order valence-corrected chi connectivity index (χ2v) is 4.48. The lowest BCUT2D eigenvalue weighted by Crippen LogP contribution is -2.31. The summed E-state index contributed by atoms with van der Waals surface area (Å²) in [4.78, 5) is 16.2. The van der Waals surface area contributed by atoms with Crippen LogP contribution < -0.4 is 5.32 Å². The van der Waals surface area contributed by atoms with Crippen LogP contribution in [0.3, 0.4) is 0 Å². The van der Waals surface area contributed by atoms with Gasteiger partial charge < -0.3 is 5.32 Å². The summed E-state index contributed by atoms with van der Waals surface area (Å²) >= 11 is 0. The zero-order valence-electron chi connectivity index (χ0n) is 11.9. The molecule has 0 radical (unpaired) electrons. The van der Waals surface area contributed by atoms with Crippen LogP contribution in [0.5, 0.6) is 0 Å². The van der Waals surface area contributed by atoms with Crippen molar-refractivity contribution in [2.75, 3.05) is 0 Å². The minimum absolute atomic E-state index is 0.00185. The van der Waals surface area contributed by atoms with Crippen molar-refractivity contribution in [2.45, 2.75) is 45.8 Å². The van der Waals surface area contributed by atoms with Gasteiger partial charge in [0.05, 0.1) is 6.04 Å². The first kappa shape index (κ1) is 14.2. The van der Waals surface area contributed by atoms with Gasteiger partial charge in [-0.25, -0.2) is 9.67 Å². The number of rotatable bonds is 7. The minimum atomic E-state index is -0.0948. The Morgan fingerprint density at radius 3 is 2.90 bits per heavy atom. The van der Waals surface area contributed by atoms with Crippen LogP contribution in [0.2, 0.25) is 0 Å². The molecule has 2 aromatic heterocycles. The standard InChI is InChI=1S/C13H20N6O/c1-3-11(13-14-10-16-19(13)4-2)17-12(20)6-9-18-8-5-7-15-18/h5,7-8,10-11H,3-4,6,9H2,1-2H3,(H,17,20)/t11-/m1/s1. The summed E-state index contributed by atoms with van der Waals surface area (Å²) < 4.78 is 3.55. The Kier molecular flexibility index (Phi) is 4.86. The van der Waals surface area contributed by atoms with Gasteiger partial charge in [0.2, 0.25) is 5.91 Å². The second-order valence-electron chi connectivity index (χ2n) is 4.48. The van der Waals surface area contributed by atoms with Gasteiger partial charge in [-0.15, -0.1) is 0 Å². The Hall–Kier alpha value is -2.18. The molecule has 7 heteroatoms. The third-order valence-electron chi connectivity index (χ3n) is 3.13. The zero-order valence-corrected chi connectivity index (χ0v) is 11.9. The molecule has 1 N–H and O–H groups in total. The van der Waals surface area contributed by atoms with E-state index in [9.17, 15) is 4.79 Å². The maximum Gasteiger partial charge on any atom is 0.222 e. The van der Waals surface area contributed by atoms with Crippen LogP contribution in [-0.2, 0) is 17.9 Å². The molecule has 1 amide bonds. The van der Waals surface area contributed by atoms with Crippen molar-refractivity contribution in [2.24, 2.45) is 0 Å². The van der Waals surface area contributed by atoms with Gasteiger partial charge in [0, 0.05) is 31.9 Å². The van der Waals surface area contributed by atoms with Crippen LogP contribution in [0.4, 0.5) is 0 Å². The number of aryl methyl sites for hydroxylation is 2. The average Bonchev–Trinajstić information content (AvgIpc) is 3.13. The molecule has 0 spiro atoms. The van der Waals surface area contributed by atoms with E-state index in [1.165, 1.54) is 6.33 Å². The number of amides is 1. The van der Waals surface area contributed by atoms with E-state index in [4.69, 9.17) is 0 Å². The number of nitrogens with zero attached hydrogens (tertiary/aromatic N) is 5. The number of hydrogen-bond acceptors (Lipinski definition) is 4. The molecule has 20 heavy (non-hydrogen) atoms. The molecule has 0 bridgehead atoms. The first-order chi connectivity index (χ1) is 9.74. The first-order valence-electron chi connectivity index (χ1n) is 6.89. The molecule has 0 aliphatic heterocycles. The Labute approximate surface area is 118 Å². The fourth-order valence-electron chi connectivity index (χ4n) is 2.05. The summed E-state index contributed by atoms with van der Waals surface area (Å²) in [6.45, 7) is 5.35. The Bertz CT molecular complexity index is 533. The molecule has 2 rings (SSSR count). The van der Waals surface area contributed by atoms with Gasteiger partial charge in [-0.2, -0.15) is 10.2 Å². The molecule has 2 aromatic rings. The van der Waals surface area contributed by atoms with Crippen LogP contribution in [0, 0.1) is 0 Å². The Balaban J connectivity index is 1.91. The maximum absolute atomic E-state index is 12.0. The van der Waals surface area contributed by atoms with Crippen molar-refractivity contribution in [3.63, 3.8) is 0 Å². The van der Waals surface area contributed by atoms with Crippen LogP contribution in [0.1, 0.15) is 38.6 Å². The van der Waals surface area contributed by atoms with E-state index in [0.717, 1.165) is 18.8 Å². The summed E-state index contributed by atoms with van der Waals surface area (Å²) in [5.41, 5.74) is 0. The topological polar surface area (TPSA) is 77.6 Å². The van der Waals surface area contributed by atoms with Crippen molar-refractivity contribution >= 4 is 5.91 Å². The summed E-state index contributed by atoms with van der Waals surface area (Å²) in [6, 6.07) is 1.75. The second kappa shape index (κ2) is 6.83. The van der Waals surface area contributed by atoms with Crippen molar-refractivity contribution in [1.82, 2.24) is 29.9 Å². The third-order valence-corrected chi connectivity index (χ3v) is 3.13. The highest BCUT2D eigenvalue weighted by molar-refractivity contribution is 5.76. The van der Waals surface area contributed by atoms with E-state index in [2.05, 4.69) is 20.5 Å². The van der Waals surface area contributed by atoms with Crippen molar-refractivity contribution in [3.8, 4) is 0 Å².